The van der Waals surface area contributed by atoms with Gasteiger partial charge in [0.2, 0.25) is 10.0 Å². The van der Waals surface area contributed by atoms with Crippen molar-refractivity contribution in [2.75, 3.05) is 19.4 Å². The zero-order valence-corrected chi connectivity index (χ0v) is 13.1. The molecule has 0 atom stereocenters. The zero-order chi connectivity index (χ0) is 14.5. The van der Waals surface area contributed by atoms with Crippen LogP contribution < -0.4 is 4.72 Å². The van der Waals surface area contributed by atoms with Crippen LogP contribution in [0.1, 0.15) is 19.4 Å². The summed E-state index contributed by atoms with van der Waals surface area (Å²) in [5.74, 6) is 0. The minimum Gasteiger partial charge on any atom is -0.396 e. The van der Waals surface area contributed by atoms with E-state index < -0.39 is 10.0 Å². The molecule has 0 aliphatic heterocycles. The lowest BCUT2D eigenvalue weighted by molar-refractivity contribution is 0.299. The molecule has 0 unspecified atom stereocenters. The minimum atomic E-state index is -3.46. The summed E-state index contributed by atoms with van der Waals surface area (Å²) in [5, 5.41) is 8.82. The molecule has 0 saturated heterocycles. The fourth-order valence-electron chi connectivity index (χ4n) is 1.39. The highest BCUT2D eigenvalue weighted by Gasteiger charge is 2.21. The van der Waals surface area contributed by atoms with Gasteiger partial charge in [-0.3, -0.25) is 0 Å². The lowest BCUT2D eigenvalue weighted by Gasteiger charge is -2.22. The SMILES string of the molecule is CSC(C)(C)CNS(=O)(=O)c1ccc(CCO)cc1. The Morgan fingerprint density at radius 3 is 2.32 bits per heavy atom. The van der Waals surface area contributed by atoms with Crippen molar-refractivity contribution in [2.24, 2.45) is 0 Å². The monoisotopic (exact) mass is 303 g/mol. The molecule has 4 nitrogen and oxygen atoms in total. The van der Waals surface area contributed by atoms with E-state index in [-0.39, 0.29) is 16.2 Å². The van der Waals surface area contributed by atoms with Crippen LogP contribution in [0.25, 0.3) is 0 Å². The molecule has 0 spiro atoms. The van der Waals surface area contributed by atoms with Crippen molar-refractivity contribution in [1.29, 1.82) is 0 Å². The third kappa shape index (κ3) is 5.14. The number of hydrogen-bond acceptors (Lipinski definition) is 4. The standard InChI is InChI=1S/C13H21NO3S2/c1-13(2,18-3)10-14-19(16,17)12-6-4-11(5-7-12)8-9-15/h4-7,14-15H,8-10H2,1-3H3. The highest BCUT2D eigenvalue weighted by Crippen LogP contribution is 2.20. The molecule has 1 aromatic carbocycles. The van der Waals surface area contributed by atoms with Crippen molar-refractivity contribution < 1.29 is 13.5 Å². The summed E-state index contributed by atoms with van der Waals surface area (Å²) in [6, 6.07) is 6.59. The van der Waals surface area contributed by atoms with E-state index in [1.807, 2.05) is 20.1 Å². The van der Waals surface area contributed by atoms with Crippen LogP contribution in [-0.2, 0) is 16.4 Å². The van der Waals surface area contributed by atoms with Crippen molar-refractivity contribution in [2.45, 2.75) is 29.9 Å². The van der Waals surface area contributed by atoms with Gasteiger partial charge in [0.15, 0.2) is 0 Å². The zero-order valence-electron chi connectivity index (χ0n) is 11.5. The molecule has 108 valence electrons. The number of aliphatic hydroxyl groups is 1. The van der Waals surface area contributed by atoms with E-state index in [2.05, 4.69) is 4.72 Å². The first-order valence-electron chi connectivity index (χ1n) is 6.05. The van der Waals surface area contributed by atoms with Gasteiger partial charge in [-0.1, -0.05) is 12.1 Å². The molecule has 2 N–H and O–H groups in total. The van der Waals surface area contributed by atoms with Gasteiger partial charge in [-0.05, 0) is 44.2 Å². The van der Waals surface area contributed by atoms with Gasteiger partial charge in [0.05, 0.1) is 4.90 Å². The van der Waals surface area contributed by atoms with Gasteiger partial charge < -0.3 is 5.11 Å². The Balaban J connectivity index is 2.77. The van der Waals surface area contributed by atoms with E-state index in [1.54, 1.807) is 36.0 Å². The van der Waals surface area contributed by atoms with Gasteiger partial charge in [-0.2, -0.15) is 11.8 Å². The van der Waals surface area contributed by atoms with Gasteiger partial charge >= 0.3 is 0 Å². The highest BCUT2D eigenvalue weighted by atomic mass is 32.2. The molecule has 0 saturated carbocycles. The molecule has 1 rings (SSSR count). The average Bonchev–Trinajstić information content (AvgIpc) is 2.38. The second kappa shape index (κ2) is 6.74. The maximum Gasteiger partial charge on any atom is 0.240 e. The van der Waals surface area contributed by atoms with Gasteiger partial charge in [0.25, 0.3) is 0 Å². The molecule has 0 aliphatic rings. The van der Waals surface area contributed by atoms with Crippen molar-refractivity contribution in [3.63, 3.8) is 0 Å². The summed E-state index contributed by atoms with van der Waals surface area (Å²) in [7, 11) is -3.46. The molecular formula is C13H21NO3S2. The number of thioether (sulfide) groups is 1. The predicted octanol–water partition coefficient (Wildman–Crippen LogP) is 1.64. The molecule has 6 heteroatoms. The average molecular weight is 303 g/mol. The van der Waals surface area contributed by atoms with E-state index in [0.29, 0.717) is 13.0 Å². The van der Waals surface area contributed by atoms with Crippen molar-refractivity contribution >= 4 is 21.8 Å². The Hall–Kier alpha value is -0.560. The quantitative estimate of drug-likeness (QED) is 0.803. The molecule has 0 amide bonds. The van der Waals surface area contributed by atoms with Crippen LogP contribution in [0.15, 0.2) is 29.2 Å². The Bertz CT molecular complexity index is 495. The second-order valence-electron chi connectivity index (χ2n) is 4.91. The third-order valence-electron chi connectivity index (χ3n) is 2.87. The van der Waals surface area contributed by atoms with Crippen LogP contribution in [-0.4, -0.2) is 37.7 Å². The number of aliphatic hydroxyl groups excluding tert-OH is 1. The Morgan fingerprint density at radius 1 is 1.26 bits per heavy atom. The first-order valence-corrected chi connectivity index (χ1v) is 8.76. The molecule has 0 aliphatic carbocycles. The largest absolute Gasteiger partial charge is 0.396 e. The Kier molecular flexibility index (Phi) is 5.85. The summed E-state index contributed by atoms with van der Waals surface area (Å²) in [6.45, 7) is 4.43. The highest BCUT2D eigenvalue weighted by molar-refractivity contribution is 8.00. The summed E-state index contributed by atoms with van der Waals surface area (Å²) >= 11 is 1.62. The summed E-state index contributed by atoms with van der Waals surface area (Å²) in [4.78, 5) is 0.256. The fourth-order valence-corrected chi connectivity index (χ4v) is 2.91. The fraction of sp³-hybridized carbons (Fsp3) is 0.538. The molecule has 0 heterocycles. The summed E-state index contributed by atoms with van der Waals surface area (Å²) < 4.78 is 26.7. The molecular weight excluding hydrogens is 282 g/mol. The van der Waals surface area contributed by atoms with E-state index in [9.17, 15) is 8.42 Å². The van der Waals surface area contributed by atoms with Gasteiger partial charge in [0, 0.05) is 17.9 Å². The molecule has 19 heavy (non-hydrogen) atoms. The van der Waals surface area contributed by atoms with Crippen LogP contribution in [0, 0.1) is 0 Å². The molecule has 0 radical (unpaired) electrons. The molecule has 0 fully saturated rings. The predicted molar refractivity (Wildman–Crippen MR) is 80.0 cm³/mol. The number of hydrogen-bond donors (Lipinski definition) is 2. The van der Waals surface area contributed by atoms with Crippen LogP contribution in [0.5, 0.6) is 0 Å². The van der Waals surface area contributed by atoms with Gasteiger partial charge in [-0.15, -0.1) is 0 Å². The normalized spacial score (nSPS) is 12.6. The first-order chi connectivity index (χ1) is 8.80. The van der Waals surface area contributed by atoms with Crippen molar-refractivity contribution in [1.82, 2.24) is 4.72 Å². The maximum atomic E-state index is 12.1. The number of sulfonamides is 1. The molecule has 0 bridgehead atoms. The minimum absolute atomic E-state index is 0.0618. The van der Waals surface area contributed by atoms with Crippen molar-refractivity contribution in [3.05, 3.63) is 29.8 Å². The summed E-state index contributed by atoms with van der Waals surface area (Å²) in [5.41, 5.74) is 0.922. The van der Waals surface area contributed by atoms with Gasteiger partial charge in [0.1, 0.15) is 0 Å². The van der Waals surface area contributed by atoms with E-state index in [4.69, 9.17) is 5.11 Å². The van der Waals surface area contributed by atoms with Crippen LogP contribution in [0.4, 0.5) is 0 Å². The topological polar surface area (TPSA) is 66.4 Å². The smallest absolute Gasteiger partial charge is 0.240 e. The first kappa shape index (κ1) is 16.5. The molecule has 1 aromatic rings. The lowest BCUT2D eigenvalue weighted by Crippen LogP contribution is -2.36. The van der Waals surface area contributed by atoms with E-state index in [0.717, 1.165) is 5.56 Å². The summed E-state index contributed by atoms with van der Waals surface area (Å²) in [6.07, 6.45) is 2.49. The van der Waals surface area contributed by atoms with Crippen LogP contribution in [0.2, 0.25) is 0 Å². The lowest BCUT2D eigenvalue weighted by atomic mass is 10.2. The number of nitrogens with one attached hydrogen (secondary N) is 1. The Morgan fingerprint density at radius 2 is 1.84 bits per heavy atom. The maximum absolute atomic E-state index is 12.1. The van der Waals surface area contributed by atoms with E-state index >= 15 is 0 Å². The van der Waals surface area contributed by atoms with Crippen LogP contribution in [0.3, 0.4) is 0 Å². The number of rotatable bonds is 7. The third-order valence-corrected chi connectivity index (χ3v) is 5.54. The number of benzene rings is 1. The van der Waals surface area contributed by atoms with E-state index in [1.165, 1.54) is 0 Å². The van der Waals surface area contributed by atoms with Crippen molar-refractivity contribution in [3.8, 4) is 0 Å². The Labute approximate surface area is 119 Å². The van der Waals surface area contributed by atoms with Gasteiger partial charge in [-0.25, -0.2) is 13.1 Å². The van der Waals surface area contributed by atoms with Crippen LogP contribution >= 0.6 is 11.8 Å². The molecule has 0 aromatic heterocycles. The second-order valence-corrected chi connectivity index (χ2v) is 8.19.